The molecule has 0 saturated carbocycles. The van der Waals surface area contributed by atoms with Gasteiger partial charge < -0.3 is 10.4 Å². The van der Waals surface area contributed by atoms with E-state index in [1.54, 1.807) is 36.4 Å². The second-order valence-electron chi connectivity index (χ2n) is 5.10. The Morgan fingerprint density at radius 2 is 1.75 bits per heavy atom. The molecule has 1 heterocycles. The number of rotatable bonds is 2. The maximum atomic E-state index is 12.6. The van der Waals surface area contributed by atoms with Gasteiger partial charge in [-0.05, 0) is 18.2 Å². The van der Waals surface area contributed by atoms with Crippen LogP contribution in [0.2, 0.25) is 5.02 Å². The third-order valence-electron chi connectivity index (χ3n) is 3.67. The fourth-order valence-corrected chi connectivity index (χ4v) is 3.90. The molecule has 0 aromatic heterocycles. The molecule has 24 heavy (non-hydrogen) atoms. The molecule has 1 aliphatic heterocycles. The van der Waals surface area contributed by atoms with Gasteiger partial charge in [-0.2, -0.15) is 0 Å². The molecular formula is C16H13ClN2O4S. The van der Waals surface area contributed by atoms with Crippen LogP contribution in [0.5, 0.6) is 0 Å². The molecule has 1 aliphatic rings. The van der Waals surface area contributed by atoms with E-state index in [2.05, 4.69) is 5.32 Å². The SMILES string of the molecule is CN1C(O)=C(C(=O)Nc2ccccc2Cl)c2ccccc2S1(=O)=O. The summed E-state index contributed by atoms with van der Waals surface area (Å²) < 4.78 is 25.4. The van der Waals surface area contributed by atoms with Gasteiger partial charge in [-0.3, -0.25) is 4.79 Å². The number of hydrogen-bond acceptors (Lipinski definition) is 4. The van der Waals surface area contributed by atoms with Crippen molar-refractivity contribution in [1.29, 1.82) is 0 Å². The fraction of sp³-hybridized carbons (Fsp3) is 0.0625. The van der Waals surface area contributed by atoms with Crippen LogP contribution in [0.3, 0.4) is 0 Å². The summed E-state index contributed by atoms with van der Waals surface area (Å²) in [6.07, 6.45) is 0. The maximum absolute atomic E-state index is 12.6. The molecule has 8 heteroatoms. The zero-order valence-corrected chi connectivity index (χ0v) is 14.1. The summed E-state index contributed by atoms with van der Waals surface area (Å²) >= 11 is 6.02. The quantitative estimate of drug-likeness (QED) is 0.857. The number of aliphatic hydroxyl groups is 1. The van der Waals surface area contributed by atoms with Gasteiger partial charge in [0.25, 0.3) is 15.9 Å². The van der Waals surface area contributed by atoms with Crippen LogP contribution in [0.1, 0.15) is 5.56 Å². The van der Waals surface area contributed by atoms with E-state index in [4.69, 9.17) is 11.6 Å². The fourth-order valence-electron chi connectivity index (χ4n) is 2.41. The van der Waals surface area contributed by atoms with E-state index in [0.717, 1.165) is 0 Å². The second kappa shape index (κ2) is 5.85. The number of amides is 1. The van der Waals surface area contributed by atoms with E-state index in [9.17, 15) is 18.3 Å². The molecule has 0 saturated heterocycles. The van der Waals surface area contributed by atoms with Crippen LogP contribution in [0.4, 0.5) is 5.69 Å². The van der Waals surface area contributed by atoms with Crippen LogP contribution in [-0.4, -0.2) is 30.8 Å². The lowest BCUT2D eigenvalue weighted by Crippen LogP contribution is -2.34. The first kappa shape index (κ1) is 16.4. The van der Waals surface area contributed by atoms with Crippen molar-refractivity contribution in [2.24, 2.45) is 0 Å². The van der Waals surface area contributed by atoms with Crippen molar-refractivity contribution in [3.63, 3.8) is 0 Å². The molecule has 2 N–H and O–H groups in total. The number of para-hydroxylation sites is 1. The Kier molecular flexibility index (Phi) is 3.98. The van der Waals surface area contributed by atoms with Crippen molar-refractivity contribution in [3.05, 3.63) is 65.0 Å². The Bertz CT molecular complexity index is 970. The molecule has 124 valence electrons. The summed E-state index contributed by atoms with van der Waals surface area (Å²) in [5.41, 5.74) is 0.360. The van der Waals surface area contributed by atoms with Crippen LogP contribution in [-0.2, 0) is 14.8 Å². The molecule has 0 spiro atoms. The van der Waals surface area contributed by atoms with Gasteiger partial charge in [0.1, 0.15) is 5.57 Å². The molecule has 2 aromatic carbocycles. The van der Waals surface area contributed by atoms with Crippen LogP contribution in [0.15, 0.2) is 59.3 Å². The van der Waals surface area contributed by atoms with E-state index < -0.39 is 21.8 Å². The normalized spacial score (nSPS) is 15.8. The summed E-state index contributed by atoms with van der Waals surface area (Å²) in [4.78, 5) is 12.6. The van der Waals surface area contributed by atoms with E-state index in [0.29, 0.717) is 15.0 Å². The molecule has 2 aromatic rings. The summed E-state index contributed by atoms with van der Waals surface area (Å²) in [5.74, 6) is -1.30. The Hall–Kier alpha value is -2.51. The first-order valence-corrected chi connectivity index (χ1v) is 8.73. The van der Waals surface area contributed by atoms with Gasteiger partial charge in [0.15, 0.2) is 0 Å². The highest BCUT2D eigenvalue weighted by Gasteiger charge is 2.37. The van der Waals surface area contributed by atoms with Crippen molar-refractivity contribution < 1.29 is 18.3 Å². The molecular weight excluding hydrogens is 352 g/mol. The topological polar surface area (TPSA) is 86.7 Å². The Balaban J connectivity index is 2.11. The molecule has 0 atom stereocenters. The van der Waals surface area contributed by atoms with Gasteiger partial charge in [-0.15, -0.1) is 0 Å². The van der Waals surface area contributed by atoms with Gasteiger partial charge in [0, 0.05) is 12.6 Å². The average molecular weight is 365 g/mol. The van der Waals surface area contributed by atoms with Gasteiger partial charge in [0.2, 0.25) is 5.88 Å². The van der Waals surface area contributed by atoms with E-state index >= 15 is 0 Å². The lowest BCUT2D eigenvalue weighted by atomic mass is 10.0. The molecule has 0 unspecified atom stereocenters. The minimum atomic E-state index is -3.90. The number of anilines is 1. The number of halogens is 1. The molecule has 3 rings (SSSR count). The number of carbonyl (C=O) groups excluding carboxylic acids is 1. The van der Waals surface area contributed by atoms with Gasteiger partial charge in [-0.25, -0.2) is 12.7 Å². The van der Waals surface area contributed by atoms with Crippen LogP contribution < -0.4 is 5.32 Å². The highest BCUT2D eigenvalue weighted by atomic mass is 35.5. The summed E-state index contributed by atoms with van der Waals surface area (Å²) in [5, 5.41) is 13.2. The Morgan fingerprint density at radius 1 is 1.12 bits per heavy atom. The zero-order valence-electron chi connectivity index (χ0n) is 12.5. The van der Waals surface area contributed by atoms with E-state index in [1.807, 2.05) is 0 Å². The van der Waals surface area contributed by atoms with E-state index in [1.165, 1.54) is 19.2 Å². The maximum Gasteiger partial charge on any atom is 0.266 e. The van der Waals surface area contributed by atoms with Crippen molar-refractivity contribution in [1.82, 2.24) is 4.31 Å². The Labute approximate surface area is 144 Å². The van der Waals surface area contributed by atoms with Gasteiger partial charge >= 0.3 is 0 Å². The van der Waals surface area contributed by atoms with Crippen molar-refractivity contribution >= 4 is 38.8 Å². The van der Waals surface area contributed by atoms with Crippen LogP contribution in [0.25, 0.3) is 5.57 Å². The summed E-state index contributed by atoms with van der Waals surface area (Å²) in [6.45, 7) is 0. The number of nitrogens with zero attached hydrogens (tertiary/aromatic N) is 1. The van der Waals surface area contributed by atoms with Crippen LogP contribution >= 0.6 is 11.6 Å². The monoisotopic (exact) mass is 364 g/mol. The van der Waals surface area contributed by atoms with Gasteiger partial charge in [0.05, 0.1) is 15.6 Å². The van der Waals surface area contributed by atoms with Crippen molar-refractivity contribution in [2.45, 2.75) is 4.90 Å². The number of benzene rings is 2. The number of hydrogen-bond donors (Lipinski definition) is 2. The van der Waals surface area contributed by atoms with Crippen molar-refractivity contribution in [2.75, 3.05) is 12.4 Å². The largest absolute Gasteiger partial charge is 0.493 e. The minimum absolute atomic E-state index is 0.0467. The van der Waals surface area contributed by atoms with Crippen LogP contribution in [0, 0.1) is 0 Å². The van der Waals surface area contributed by atoms with E-state index in [-0.39, 0.29) is 16.0 Å². The number of nitrogens with one attached hydrogen (secondary N) is 1. The smallest absolute Gasteiger partial charge is 0.266 e. The van der Waals surface area contributed by atoms with Gasteiger partial charge in [-0.1, -0.05) is 41.9 Å². The predicted molar refractivity (Wildman–Crippen MR) is 91.0 cm³/mol. The number of carbonyl (C=O) groups is 1. The average Bonchev–Trinajstić information content (AvgIpc) is 2.55. The summed E-state index contributed by atoms with van der Waals surface area (Å²) in [6, 6.07) is 12.6. The first-order chi connectivity index (χ1) is 11.3. The summed E-state index contributed by atoms with van der Waals surface area (Å²) in [7, 11) is -2.71. The van der Waals surface area contributed by atoms with Crippen molar-refractivity contribution in [3.8, 4) is 0 Å². The zero-order chi connectivity index (χ0) is 17.5. The number of aliphatic hydroxyl groups excluding tert-OH is 1. The highest BCUT2D eigenvalue weighted by molar-refractivity contribution is 7.89. The first-order valence-electron chi connectivity index (χ1n) is 6.91. The second-order valence-corrected chi connectivity index (χ2v) is 7.45. The molecule has 1 amide bonds. The number of sulfonamides is 1. The molecule has 6 nitrogen and oxygen atoms in total. The molecule has 0 bridgehead atoms. The molecule has 0 radical (unpaired) electrons. The highest BCUT2D eigenvalue weighted by Crippen LogP contribution is 2.35. The third-order valence-corrected chi connectivity index (χ3v) is 5.80. The predicted octanol–water partition coefficient (Wildman–Crippen LogP) is 2.84. The molecule has 0 aliphatic carbocycles. The standard InChI is InChI=1S/C16H13ClN2O4S/c1-19-16(21)14(10-6-2-5-9-13(10)24(19,22)23)15(20)18-12-8-4-3-7-11(12)17/h2-9,21H,1H3,(H,18,20). The lowest BCUT2D eigenvalue weighted by Gasteiger charge is -2.27. The minimum Gasteiger partial charge on any atom is -0.493 e. The Morgan fingerprint density at radius 3 is 2.46 bits per heavy atom. The number of fused-ring (bicyclic) bond motifs is 1. The third kappa shape index (κ3) is 2.51. The lowest BCUT2D eigenvalue weighted by molar-refractivity contribution is -0.111. The molecule has 0 fully saturated rings.